The van der Waals surface area contributed by atoms with Crippen LogP contribution in [0.1, 0.15) is 0 Å². The molecule has 0 fully saturated rings. The van der Waals surface area contributed by atoms with E-state index in [0.717, 1.165) is 0 Å². The standard InChI is InChI=1S/C42H25B2N3/c1-2-12-26(13-3-1)45-37-22-11-23-38-40(37)39-34(43-33-19-7-4-14-27(33)28-15-5-8-20-35(28)46(38)43)25-24-30-32-18-10-17-31-29-16-6-9-21-36(29)47(42(31)32)44(45)41(30)39/h1-25H. The molecule has 3 nitrogen and oxygen atoms in total. The smallest absolute Gasteiger partial charge is 0.376 e. The largest absolute Gasteiger partial charge is 0.421 e. The molecule has 0 saturated heterocycles. The summed E-state index contributed by atoms with van der Waals surface area (Å²) in [5.41, 5.74) is 19.8. The van der Waals surface area contributed by atoms with Crippen LogP contribution < -0.4 is 26.0 Å². The Labute approximate surface area is 273 Å². The molecule has 5 heterocycles. The minimum Gasteiger partial charge on any atom is -0.376 e. The van der Waals surface area contributed by atoms with E-state index in [9.17, 15) is 0 Å². The van der Waals surface area contributed by atoms with Crippen LogP contribution in [-0.4, -0.2) is 18.3 Å². The van der Waals surface area contributed by atoms with Crippen molar-refractivity contribution in [1.29, 1.82) is 0 Å². The summed E-state index contributed by atoms with van der Waals surface area (Å²) in [4.78, 5) is 5.23. The molecule has 8 aromatic rings. The zero-order valence-electron chi connectivity index (χ0n) is 25.4. The van der Waals surface area contributed by atoms with E-state index in [0.29, 0.717) is 0 Å². The second-order valence-electron chi connectivity index (χ2n) is 13.2. The lowest BCUT2D eigenvalue weighted by Crippen LogP contribution is -2.64. The molecular formula is C42H25B2N3. The van der Waals surface area contributed by atoms with Crippen molar-refractivity contribution in [1.82, 2.24) is 4.48 Å². The topological polar surface area (TPSA) is 11.4 Å². The molecular weight excluding hydrogens is 568 g/mol. The number of anilines is 4. The van der Waals surface area contributed by atoms with Gasteiger partial charge in [-0.1, -0.05) is 115 Å². The lowest BCUT2D eigenvalue weighted by atomic mass is 9.40. The van der Waals surface area contributed by atoms with Crippen LogP contribution in [0.2, 0.25) is 0 Å². The van der Waals surface area contributed by atoms with Gasteiger partial charge in [0.15, 0.2) is 0 Å². The fourth-order valence-electron chi connectivity index (χ4n) is 9.48. The van der Waals surface area contributed by atoms with Crippen molar-refractivity contribution in [3.63, 3.8) is 0 Å². The van der Waals surface area contributed by atoms with Crippen LogP contribution in [0.5, 0.6) is 0 Å². The highest BCUT2D eigenvalue weighted by molar-refractivity contribution is 6.94. The van der Waals surface area contributed by atoms with Gasteiger partial charge in [0.25, 0.3) is 0 Å². The number of aromatic nitrogens is 1. The molecule has 4 aliphatic rings. The van der Waals surface area contributed by atoms with Crippen molar-refractivity contribution >= 4 is 74.8 Å². The molecule has 0 amide bonds. The van der Waals surface area contributed by atoms with E-state index < -0.39 is 0 Å². The summed E-state index contributed by atoms with van der Waals surface area (Å²) in [5.74, 6) is 0. The van der Waals surface area contributed by atoms with E-state index in [1.165, 1.54) is 94.3 Å². The number of fused-ring (bicyclic) bond motifs is 13. The number of hydrogen-bond donors (Lipinski definition) is 0. The summed E-state index contributed by atoms with van der Waals surface area (Å²) < 4.78 is 2.64. The summed E-state index contributed by atoms with van der Waals surface area (Å²) >= 11 is 0. The van der Waals surface area contributed by atoms with E-state index >= 15 is 0 Å². The molecule has 47 heavy (non-hydrogen) atoms. The Balaban J connectivity index is 1.28. The number of rotatable bonds is 1. The quantitative estimate of drug-likeness (QED) is 0.179. The second kappa shape index (κ2) is 8.45. The fourth-order valence-corrected chi connectivity index (χ4v) is 9.48. The van der Waals surface area contributed by atoms with Crippen LogP contribution >= 0.6 is 0 Å². The van der Waals surface area contributed by atoms with Crippen molar-refractivity contribution in [2.45, 2.75) is 0 Å². The first-order valence-corrected chi connectivity index (χ1v) is 16.5. The maximum atomic E-state index is 2.64. The minimum atomic E-state index is -0.0416. The van der Waals surface area contributed by atoms with Gasteiger partial charge in [-0.05, 0) is 69.5 Å². The molecule has 5 heteroatoms. The van der Waals surface area contributed by atoms with Gasteiger partial charge in [0.1, 0.15) is 0 Å². The van der Waals surface area contributed by atoms with E-state index in [2.05, 4.69) is 166 Å². The average Bonchev–Trinajstić information content (AvgIpc) is 3.48. The zero-order valence-corrected chi connectivity index (χ0v) is 25.4. The highest BCUT2D eigenvalue weighted by Crippen LogP contribution is 2.53. The molecule has 214 valence electrons. The Morgan fingerprint density at radius 2 is 1.09 bits per heavy atom. The predicted octanol–water partition coefficient (Wildman–Crippen LogP) is 8.07. The zero-order chi connectivity index (χ0) is 30.4. The molecule has 1 aromatic heterocycles. The fraction of sp³-hybridized carbons (Fsp3) is 0. The van der Waals surface area contributed by atoms with Gasteiger partial charge < -0.3 is 14.1 Å². The van der Waals surface area contributed by atoms with Crippen molar-refractivity contribution in [2.75, 3.05) is 9.62 Å². The third-order valence-corrected chi connectivity index (χ3v) is 11.1. The SMILES string of the molecule is c1ccc(N2B3c4c(ccc5c4-c4c2cccc4N2B5c4ccccc4-c4ccccc42)-c2cccc4c5ccccc5n3c24)cc1. The van der Waals surface area contributed by atoms with Crippen LogP contribution in [0.4, 0.5) is 22.7 Å². The first-order valence-electron chi connectivity index (χ1n) is 16.5. The molecule has 0 spiro atoms. The number of nitrogens with zero attached hydrogens (tertiary/aromatic N) is 3. The van der Waals surface area contributed by atoms with Crippen LogP contribution in [0.15, 0.2) is 152 Å². The first-order chi connectivity index (χ1) is 23.4. The molecule has 0 unspecified atom stereocenters. The summed E-state index contributed by atoms with van der Waals surface area (Å²) in [6.45, 7) is 0.0340. The van der Waals surface area contributed by atoms with Crippen molar-refractivity contribution in [3.05, 3.63) is 152 Å². The van der Waals surface area contributed by atoms with E-state index in [1.54, 1.807) is 0 Å². The van der Waals surface area contributed by atoms with E-state index in [4.69, 9.17) is 0 Å². The maximum absolute atomic E-state index is 2.64. The Morgan fingerprint density at radius 1 is 0.404 bits per heavy atom. The first kappa shape index (κ1) is 24.3. The third-order valence-electron chi connectivity index (χ3n) is 11.1. The highest BCUT2D eigenvalue weighted by atomic mass is 15.2. The molecule has 0 atom stereocenters. The van der Waals surface area contributed by atoms with Crippen LogP contribution in [-0.2, 0) is 0 Å². The van der Waals surface area contributed by atoms with Gasteiger partial charge in [-0.25, -0.2) is 0 Å². The van der Waals surface area contributed by atoms with Gasteiger partial charge in [-0.3, -0.25) is 0 Å². The van der Waals surface area contributed by atoms with Crippen molar-refractivity contribution < 1.29 is 0 Å². The Bertz CT molecular complexity index is 2680. The lowest BCUT2D eigenvalue weighted by molar-refractivity contribution is 1.22. The Kier molecular flexibility index (Phi) is 4.37. The van der Waals surface area contributed by atoms with Gasteiger partial charge in [-0.2, -0.15) is 0 Å². The minimum absolute atomic E-state index is 0.0416. The normalized spacial score (nSPS) is 14.2. The Hall–Kier alpha value is -5.93. The predicted molar refractivity (Wildman–Crippen MR) is 199 cm³/mol. The summed E-state index contributed by atoms with van der Waals surface area (Å²) in [6.07, 6.45) is 0. The molecule has 0 saturated carbocycles. The van der Waals surface area contributed by atoms with Gasteiger partial charge >= 0.3 is 13.8 Å². The third kappa shape index (κ3) is 2.80. The van der Waals surface area contributed by atoms with Crippen LogP contribution in [0, 0.1) is 0 Å². The molecule has 4 aliphatic heterocycles. The number of para-hydroxylation sites is 4. The summed E-state index contributed by atoms with van der Waals surface area (Å²) in [6, 6.07) is 56.7. The summed E-state index contributed by atoms with van der Waals surface area (Å²) in [7, 11) is 0. The van der Waals surface area contributed by atoms with Crippen LogP contribution in [0.3, 0.4) is 0 Å². The number of hydrogen-bond acceptors (Lipinski definition) is 2. The summed E-state index contributed by atoms with van der Waals surface area (Å²) in [5, 5.41) is 2.63. The lowest BCUT2D eigenvalue weighted by Gasteiger charge is -2.49. The molecule has 7 aromatic carbocycles. The van der Waals surface area contributed by atoms with Gasteiger partial charge in [0.2, 0.25) is 0 Å². The molecule has 0 aliphatic carbocycles. The highest BCUT2D eigenvalue weighted by Gasteiger charge is 2.51. The monoisotopic (exact) mass is 593 g/mol. The average molecular weight is 593 g/mol. The van der Waals surface area contributed by atoms with Crippen LogP contribution in [0.25, 0.3) is 55.2 Å². The van der Waals surface area contributed by atoms with Gasteiger partial charge in [0.05, 0.1) is 0 Å². The maximum Gasteiger partial charge on any atom is 0.421 e. The van der Waals surface area contributed by atoms with Crippen molar-refractivity contribution in [3.8, 4) is 33.4 Å². The number of benzene rings is 7. The van der Waals surface area contributed by atoms with E-state index in [-0.39, 0.29) is 13.8 Å². The molecule has 0 N–H and O–H groups in total. The molecule has 12 rings (SSSR count). The van der Waals surface area contributed by atoms with Gasteiger partial charge in [0, 0.05) is 61.2 Å². The second-order valence-corrected chi connectivity index (χ2v) is 13.2. The Morgan fingerprint density at radius 3 is 2.00 bits per heavy atom. The molecule has 0 radical (unpaired) electrons. The van der Waals surface area contributed by atoms with Gasteiger partial charge in [-0.15, -0.1) is 0 Å². The molecule has 0 bridgehead atoms. The van der Waals surface area contributed by atoms with E-state index in [1.807, 2.05) is 0 Å². The van der Waals surface area contributed by atoms with Crippen molar-refractivity contribution in [2.24, 2.45) is 0 Å².